The first-order valence-corrected chi connectivity index (χ1v) is 12.0. The van der Waals surface area contributed by atoms with Crippen molar-refractivity contribution in [2.24, 2.45) is 0 Å². The second kappa shape index (κ2) is 9.58. The van der Waals surface area contributed by atoms with Crippen LogP contribution in [0.15, 0.2) is 66.9 Å². The summed E-state index contributed by atoms with van der Waals surface area (Å²) in [7, 11) is 1.67. The number of benzene rings is 3. The molecule has 5 rings (SSSR count). The molecule has 0 radical (unpaired) electrons. The van der Waals surface area contributed by atoms with Crippen LogP contribution < -0.4 is 9.64 Å². The van der Waals surface area contributed by atoms with Crippen LogP contribution >= 0.6 is 11.6 Å². The second-order valence-corrected chi connectivity index (χ2v) is 9.36. The largest absolute Gasteiger partial charge is 0.495 e. The molecule has 0 aliphatic carbocycles. The van der Waals surface area contributed by atoms with E-state index in [1.165, 1.54) is 5.69 Å². The first-order valence-electron chi connectivity index (χ1n) is 11.6. The lowest BCUT2D eigenvalue weighted by molar-refractivity contribution is -0.00521. The standard InChI is InChI=1S/C29H26ClN3O2/c1-18-16-33(17-19(2)35-18)24-11-7-21(8-12-24)27-15-32-28-25(20-5-9-23(31-3)10-6-20)13-22(30)14-26(28)29(27)34-4/h5-15,18-19H,16-17H2,1-2,4H3. The molecule has 1 aliphatic heterocycles. The van der Waals surface area contributed by atoms with Crippen LogP contribution in [0.5, 0.6) is 5.75 Å². The minimum absolute atomic E-state index is 0.208. The number of methoxy groups -OCH3 is 1. The summed E-state index contributed by atoms with van der Waals surface area (Å²) >= 11 is 6.54. The van der Waals surface area contributed by atoms with Gasteiger partial charge in [-0.3, -0.25) is 4.98 Å². The van der Waals surface area contributed by atoms with Gasteiger partial charge in [0.2, 0.25) is 0 Å². The van der Waals surface area contributed by atoms with Crippen molar-refractivity contribution in [1.82, 2.24) is 4.98 Å². The summed E-state index contributed by atoms with van der Waals surface area (Å²) in [5, 5.41) is 1.45. The Kier molecular flexibility index (Phi) is 6.34. The van der Waals surface area contributed by atoms with Gasteiger partial charge in [0.1, 0.15) is 5.75 Å². The molecule has 176 valence electrons. The molecule has 6 heteroatoms. The number of fused-ring (bicyclic) bond motifs is 1. The molecule has 0 N–H and O–H groups in total. The van der Waals surface area contributed by atoms with Crippen molar-refractivity contribution in [3.05, 3.63) is 83.3 Å². The van der Waals surface area contributed by atoms with E-state index in [1.807, 2.05) is 30.5 Å². The topological polar surface area (TPSA) is 39.0 Å². The second-order valence-electron chi connectivity index (χ2n) is 8.92. The highest BCUT2D eigenvalue weighted by atomic mass is 35.5. The molecule has 1 aliphatic rings. The van der Waals surface area contributed by atoms with E-state index in [0.717, 1.165) is 52.0 Å². The number of rotatable bonds is 4. The van der Waals surface area contributed by atoms with E-state index in [9.17, 15) is 0 Å². The minimum Gasteiger partial charge on any atom is -0.495 e. The van der Waals surface area contributed by atoms with E-state index in [0.29, 0.717) is 10.7 Å². The van der Waals surface area contributed by atoms with E-state index in [2.05, 4.69) is 47.9 Å². The Balaban J connectivity index is 1.56. The molecule has 4 aromatic rings. The summed E-state index contributed by atoms with van der Waals surface area (Å²) < 4.78 is 11.8. The molecule has 1 saturated heterocycles. The summed E-state index contributed by atoms with van der Waals surface area (Å²) in [6, 6.07) is 19.8. The van der Waals surface area contributed by atoms with Gasteiger partial charge in [0.25, 0.3) is 0 Å². The Bertz CT molecular complexity index is 1400. The highest BCUT2D eigenvalue weighted by molar-refractivity contribution is 6.32. The molecule has 2 heterocycles. The Morgan fingerprint density at radius 1 is 0.971 bits per heavy atom. The van der Waals surface area contributed by atoms with Gasteiger partial charge in [-0.15, -0.1) is 0 Å². The van der Waals surface area contributed by atoms with Crippen molar-refractivity contribution < 1.29 is 9.47 Å². The number of aromatic nitrogens is 1. The van der Waals surface area contributed by atoms with Gasteiger partial charge in [-0.2, -0.15) is 0 Å². The van der Waals surface area contributed by atoms with Crippen molar-refractivity contribution in [3.63, 3.8) is 0 Å². The summed E-state index contributed by atoms with van der Waals surface area (Å²) in [6.45, 7) is 13.2. The number of ether oxygens (including phenoxy) is 2. The molecule has 0 amide bonds. The quantitative estimate of drug-likeness (QED) is 0.283. The van der Waals surface area contributed by atoms with Crippen LogP contribution in [0, 0.1) is 6.57 Å². The first-order chi connectivity index (χ1) is 17.0. The number of halogens is 1. The number of hydrogen-bond donors (Lipinski definition) is 0. The molecule has 0 saturated carbocycles. The molecule has 2 atom stereocenters. The third kappa shape index (κ3) is 4.55. The van der Waals surface area contributed by atoms with Gasteiger partial charge < -0.3 is 14.4 Å². The van der Waals surface area contributed by atoms with E-state index in [4.69, 9.17) is 32.6 Å². The zero-order chi connectivity index (χ0) is 24.5. The average Bonchev–Trinajstić information content (AvgIpc) is 2.87. The first kappa shape index (κ1) is 23.2. The lowest BCUT2D eigenvalue weighted by atomic mass is 9.98. The monoisotopic (exact) mass is 483 g/mol. The zero-order valence-electron chi connectivity index (χ0n) is 20.0. The van der Waals surface area contributed by atoms with Crippen LogP contribution in [0.1, 0.15) is 13.8 Å². The SMILES string of the molecule is [C-]#[N+]c1ccc(-c2cc(Cl)cc3c(OC)c(-c4ccc(N5CC(C)OC(C)C5)cc4)cnc23)cc1. The van der Waals surface area contributed by atoms with Crippen LogP contribution in [-0.4, -0.2) is 37.4 Å². The van der Waals surface area contributed by atoms with Gasteiger partial charge in [0.15, 0.2) is 5.69 Å². The number of nitrogens with zero attached hydrogens (tertiary/aromatic N) is 3. The average molecular weight is 484 g/mol. The molecule has 0 spiro atoms. The van der Waals surface area contributed by atoms with Gasteiger partial charge in [0.05, 0.1) is 31.4 Å². The van der Waals surface area contributed by atoms with E-state index < -0.39 is 0 Å². The molecule has 1 fully saturated rings. The van der Waals surface area contributed by atoms with Crippen molar-refractivity contribution in [2.75, 3.05) is 25.1 Å². The van der Waals surface area contributed by atoms with Gasteiger partial charge >= 0.3 is 0 Å². The molecule has 5 nitrogen and oxygen atoms in total. The third-order valence-electron chi connectivity index (χ3n) is 6.36. The Labute approximate surface area is 210 Å². The van der Waals surface area contributed by atoms with Crippen LogP contribution in [0.3, 0.4) is 0 Å². The maximum Gasteiger partial charge on any atom is 0.187 e. The molecule has 2 unspecified atom stereocenters. The van der Waals surface area contributed by atoms with E-state index in [1.54, 1.807) is 19.2 Å². The van der Waals surface area contributed by atoms with Crippen molar-refractivity contribution >= 4 is 33.9 Å². The molecule has 3 aromatic carbocycles. The molecule has 1 aromatic heterocycles. The third-order valence-corrected chi connectivity index (χ3v) is 6.58. The smallest absolute Gasteiger partial charge is 0.187 e. The van der Waals surface area contributed by atoms with Crippen molar-refractivity contribution in [2.45, 2.75) is 26.1 Å². The van der Waals surface area contributed by atoms with E-state index >= 15 is 0 Å². The Morgan fingerprint density at radius 3 is 2.23 bits per heavy atom. The van der Waals surface area contributed by atoms with Gasteiger partial charge in [-0.1, -0.05) is 48.0 Å². The lowest BCUT2D eigenvalue weighted by Crippen LogP contribution is -2.45. The van der Waals surface area contributed by atoms with Crippen LogP contribution in [0.2, 0.25) is 5.02 Å². The normalized spacial score (nSPS) is 17.9. The maximum atomic E-state index is 7.20. The fourth-order valence-electron chi connectivity index (χ4n) is 4.85. The highest BCUT2D eigenvalue weighted by Gasteiger charge is 2.22. The fraction of sp³-hybridized carbons (Fsp3) is 0.241. The predicted octanol–water partition coefficient (Wildman–Crippen LogP) is 7.40. The number of hydrogen-bond acceptors (Lipinski definition) is 4. The molecule has 0 bridgehead atoms. The number of morpholine rings is 1. The molecule has 35 heavy (non-hydrogen) atoms. The van der Waals surface area contributed by atoms with Crippen molar-refractivity contribution in [1.29, 1.82) is 0 Å². The summed E-state index contributed by atoms with van der Waals surface area (Å²) in [5.74, 6) is 0.734. The van der Waals surface area contributed by atoms with Crippen LogP contribution in [-0.2, 0) is 4.74 Å². The van der Waals surface area contributed by atoms with Crippen molar-refractivity contribution in [3.8, 4) is 28.0 Å². The Morgan fingerprint density at radius 2 is 1.60 bits per heavy atom. The van der Waals surface area contributed by atoms with Crippen LogP contribution in [0.4, 0.5) is 11.4 Å². The summed E-state index contributed by atoms with van der Waals surface area (Å²) in [4.78, 5) is 10.7. The molecular formula is C29H26ClN3O2. The Hall–Kier alpha value is -3.59. The molecular weight excluding hydrogens is 458 g/mol. The predicted molar refractivity (Wildman–Crippen MR) is 143 cm³/mol. The van der Waals surface area contributed by atoms with Crippen LogP contribution in [0.25, 0.3) is 38.0 Å². The van der Waals surface area contributed by atoms with Gasteiger partial charge in [0, 0.05) is 46.5 Å². The highest BCUT2D eigenvalue weighted by Crippen LogP contribution is 2.41. The summed E-state index contributed by atoms with van der Waals surface area (Å²) in [5.41, 5.74) is 6.36. The number of anilines is 1. The van der Waals surface area contributed by atoms with Gasteiger partial charge in [-0.25, -0.2) is 4.85 Å². The lowest BCUT2D eigenvalue weighted by Gasteiger charge is -2.36. The maximum absolute atomic E-state index is 7.20. The minimum atomic E-state index is 0.208. The van der Waals surface area contributed by atoms with E-state index in [-0.39, 0.29) is 12.2 Å². The fourth-order valence-corrected chi connectivity index (χ4v) is 5.06. The van der Waals surface area contributed by atoms with Gasteiger partial charge in [-0.05, 0) is 49.2 Å². The number of pyridine rings is 1. The zero-order valence-corrected chi connectivity index (χ0v) is 20.7. The summed E-state index contributed by atoms with van der Waals surface area (Å²) in [6.07, 6.45) is 2.28.